The maximum atomic E-state index is 9.35. The molecule has 0 amide bonds. The van der Waals surface area contributed by atoms with Crippen molar-refractivity contribution in [1.82, 2.24) is 0 Å². The van der Waals surface area contributed by atoms with E-state index in [-0.39, 0.29) is 32.4 Å². The molecular weight excluding hydrogens is 435 g/mol. The van der Waals surface area contributed by atoms with E-state index in [9.17, 15) is 5.11 Å². The highest BCUT2D eigenvalue weighted by atomic mass is 127. The topological polar surface area (TPSA) is 29.5 Å². The van der Waals surface area contributed by atoms with E-state index in [0.717, 1.165) is 11.5 Å². The number of phenols is 1. The number of phenolic OH excluding ortho intramolecular Hbond substituents is 1. The number of hydrogen-bond donors (Lipinski definition) is 1. The molecule has 0 saturated heterocycles. The fourth-order valence-electron chi connectivity index (χ4n) is 2.57. The van der Waals surface area contributed by atoms with Gasteiger partial charge in [0, 0.05) is 5.56 Å². The maximum absolute atomic E-state index is 9.35. The third kappa shape index (κ3) is 4.79. The van der Waals surface area contributed by atoms with Gasteiger partial charge >= 0.3 is 21.2 Å². The number of hydrogen-bond acceptors (Lipinski definition) is 2. The van der Waals surface area contributed by atoms with Crippen LogP contribution < -0.4 is 25.9 Å². The van der Waals surface area contributed by atoms with Gasteiger partial charge in [0.15, 0.2) is 7.14 Å². The van der Waals surface area contributed by atoms with E-state index in [1.807, 2.05) is 6.07 Å². The number of halogens is 1. The monoisotopic (exact) mass is 459 g/mol. The van der Waals surface area contributed by atoms with Gasteiger partial charge in [0.25, 0.3) is 0 Å². The molecule has 3 aromatic carbocycles. The van der Waals surface area contributed by atoms with Crippen molar-refractivity contribution < 1.29 is 31.0 Å². The molecule has 26 heavy (non-hydrogen) atoms. The van der Waals surface area contributed by atoms with Crippen molar-refractivity contribution in [3.8, 4) is 17.2 Å². The second-order valence-electron chi connectivity index (χ2n) is 7.36. The van der Waals surface area contributed by atoms with Crippen LogP contribution in [0.5, 0.6) is 17.2 Å². The molecule has 1 N–H and O–H groups in total. The van der Waals surface area contributed by atoms with Gasteiger partial charge in [-0.15, -0.1) is 0 Å². The highest BCUT2D eigenvalue weighted by Gasteiger charge is 2.20. The van der Waals surface area contributed by atoms with Crippen molar-refractivity contribution in [2.45, 2.75) is 33.1 Å². The average molecular weight is 459 g/mol. The minimum Gasteiger partial charge on any atom is -0.508 e. The molecule has 0 spiro atoms. The fourth-order valence-corrected chi connectivity index (χ4v) is 4.90. The first kappa shape index (κ1) is 18.8. The van der Waals surface area contributed by atoms with Gasteiger partial charge in [-0.25, -0.2) is 0 Å². The van der Waals surface area contributed by atoms with E-state index in [1.54, 1.807) is 24.3 Å². The third-order valence-electron chi connectivity index (χ3n) is 4.12. The molecule has 134 valence electrons. The van der Waals surface area contributed by atoms with Crippen LogP contribution in [0.3, 0.4) is 0 Å². The van der Waals surface area contributed by atoms with E-state index in [4.69, 9.17) is 4.74 Å². The van der Waals surface area contributed by atoms with Crippen molar-refractivity contribution in [2.75, 3.05) is 0 Å². The first-order valence-corrected chi connectivity index (χ1v) is 10.8. The number of rotatable bonds is 4. The van der Waals surface area contributed by atoms with Crippen LogP contribution in [0.2, 0.25) is 0 Å². The van der Waals surface area contributed by atoms with Gasteiger partial charge in [-0.2, -0.15) is 0 Å². The number of aromatic hydroxyl groups is 1. The lowest BCUT2D eigenvalue weighted by atomic mass is 9.87. The van der Waals surface area contributed by atoms with Gasteiger partial charge in [0.1, 0.15) is 17.2 Å². The normalized spacial score (nSPS) is 11.4. The maximum Gasteiger partial charge on any atom is 0.358 e. The van der Waals surface area contributed by atoms with Gasteiger partial charge in [-0.3, -0.25) is 0 Å². The first-order chi connectivity index (χ1) is 12.3. The highest BCUT2D eigenvalue weighted by molar-refractivity contribution is 5.36. The largest absolute Gasteiger partial charge is 0.508 e. The van der Waals surface area contributed by atoms with Crippen molar-refractivity contribution in [3.63, 3.8) is 0 Å². The molecule has 0 fully saturated rings. The molecule has 0 saturated carbocycles. The molecule has 3 aromatic rings. The molecule has 0 bridgehead atoms. The van der Waals surface area contributed by atoms with Crippen LogP contribution in [-0.2, 0) is 5.41 Å². The zero-order valence-electron chi connectivity index (χ0n) is 15.6. The molecule has 0 aliphatic heterocycles. The zero-order valence-corrected chi connectivity index (χ0v) is 17.7. The minimum absolute atomic E-state index is 0.194. The van der Waals surface area contributed by atoms with Crippen LogP contribution in [0.15, 0.2) is 66.7 Å². The Bertz CT molecular complexity index is 876. The molecule has 0 aromatic heterocycles. The standard InChI is InChI=1S/C23H23IO2/c1-16-15-21(26-20-11-9-19(25)10-12-20)13-14-22(16)24-18-7-5-17(6-8-18)23(2,3)4/h5-15H,1-4H3/p+1. The first-order valence-electron chi connectivity index (χ1n) is 8.64. The number of aryl methyl sites for hydroxylation is 1. The highest BCUT2D eigenvalue weighted by Crippen LogP contribution is 2.24. The summed E-state index contributed by atoms with van der Waals surface area (Å²) >= 11 is -0.209. The summed E-state index contributed by atoms with van der Waals surface area (Å²) in [5, 5.41) is 9.35. The second-order valence-corrected chi connectivity index (χ2v) is 10.3. The molecular formula is C23H24IO2+. The zero-order chi connectivity index (χ0) is 18.7. The molecule has 3 rings (SSSR count). The second kappa shape index (κ2) is 7.70. The van der Waals surface area contributed by atoms with E-state index >= 15 is 0 Å². The lowest BCUT2D eigenvalue weighted by molar-refractivity contribution is -0.598. The Morgan fingerprint density at radius 3 is 2.00 bits per heavy atom. The summed E-state index contributed by atoms with van der Waals surface area (Å²) in [6, 6.07) is 22.1. The van der Waals surface area contributed by atoms with Crippen LogP contribution in [0.25, 0.3) is 0 Å². The summed E-state index contributed by atoms with van der Waals surface area (Å²) in [5.74, 6) is 1.79. The lowest BCUT2D eigenvalue weighted by Gasteiger charge is -2.18. The number of benzene rings is 3. The van der Waals surface area contributed by atoms with Crippen LogP contribution in [0.4, 0.5) is 0 Å². The van der Waals surface area contributed by atoms with Crippen molar-refractivity contribution >= 4 is 0 Å². The van der Waals surface area contributed by atoms with E-state index < -0.39 is 0 Å². The molecule has 3 heteroatoms. The molecule has 0 radical (unpaired) electrons. The minimum atomic E-state index is -0.209. The lowest BCUT2D eigenvalue weighted by Crippen LogP contribution is -3.61. The van der Waals surface area contributed by atoms with Gasteiger partial charge in [0.2, 0.25) is 0 Å². The van der Waals surface area contributed by atoms with Crippen LogP contribution >= 0.6 is 0 Å². The summed E-state index contributed by atoms with van der Waals surface area (Å²) in [4.78, 5) is 0. The molecule has 0 aliphatic carbocycles. The summed E-state index contributed by atoms with van der Waals surface area (Å²) < 4.78 is 8.70. The fraction of sp³-hybridized carbons (Fsp3) is 0.217. The van der Waals surface area contributed by atoms with Crippen molar-refractivity contribution in [2.24, 2.45) is 0 Å². The quantitative estimate of drug-likeness (QED) is 0.609. The summed E-state index contributed by atoms with van der Waals surface area (Å²) in [6.07, 6.45) is 0. The Morgan fingerprint density at radius 2 is 1.42 bits per heavy atom. The van der Waals surface area contributed by atoms with Gasteiger partial charge in [0.05, 0.1) is 0 Å². The summed E-state index contributed by atoms with van der Waals surface area (Å²) in [5.41, 5.74) is 2.83. The van der Waals surface area contributed by atoms with E-state index in [0.29, 0.717) is 0 Å². The Balaban J connectivity index is 1.72. The Morgan fingerprint density at radius 1 is 0.808 bits per heavy atom. The Hall–Kier alpha value is -2.01. The van der Waals surface area contributed by atoms with Gasteiger partial charge in [-0.1, -0.05) is 32.9 Å². The predicted molar refractivity (Wildman–Crippen MR) is 102 cm³/mol. The molecule has 0 heterocycles. The van der Waals surface area contributed by atoms with Gasteiger partial charge in [-0.05, 0) is 72.5 Å². The SMILES string of the molecule is Cc1cc(Oc2ccc(O)cc2)ccc1[I+]c1ccc(C(C)(C)C)cc1. The summed E-state index contributed by atoms with van der Waals surface area (Å²) in [7, 11) is 0. The van der Waals surface area contributed by atoms with Crippen LogP contribution in [0.1, 0.15) is 31.9 Å². The summed E-state index contributed by atoms with van der Waals surface area (Å²) in [6.45, 7) is 8.87. The average Bonchev–Trinajstić information content (AvgIpc) is 2.59. The van der Waals surface area contributed by atoms with Crippen LogP contribution in [0, 0.1) is 14.1 Å². The van der Waals surface area contributed by atoms with E-state index in [1.165, 1.54) is 18.3 Å². The van der Waals surface area contributed by atoms with Gasteiger partial charge < -0.3 is 9.84 Å². The molecule has 0 unspecified atom stereocenters. The predicted octanol–water partition coefficient (Wildman–Crippen LogP) is 2.92. The third-order valence-corrected chi connectivity index (χ3v) is 7.26. The Labute approximate surface area is 166 Å². The number of ether oxygens (including phenoxy) is 1. The van der Waals surface area contributed by atoms with E-state index in [2.05, 4.69) is 64.1 Å². The Kier molecular flexibility index (Phi) is 5.56. The smallest absolute Gasteiger partial charge is 0.358 e. The molecule has 0 atom stereocenters. The van der Waals surface area contributed by atoms with Crippen LogP contribution in [-0.4, -0.2) is 5.11 Å². The molecule has 0 aliphatic rings. The van der Waals surface area contributed by atoms with Crippen molar-refractivity contribution in [1.29, 1.82) is 0 Å². The van der Waals surface area contributed by atoms with Crippen molar-refractivity contribution in [3.05, 3.63) is 85.0 Å². The molecule has 2 nitrogen and oxygen atoms in total.